The standard InChI is InChI=1S/C24H20N2O2S/c1-15-10-12-16(13-11-15)29(27,28)26-25-14-24-21-17-6-2-4-8-19(17)22(24)23(24)20-9-5-3-7-18(20)21/h2-14,21-23,26H,1H3/t21?,22-,23-,24?/m1/s1. The summed E-state index contributed by atoms with van der Waals surface area (Å²) in [5.74, 6) is 1.01. The molecule has 3 aromatic rings. The zero-order valence-electron chi connectivity index (χ0n) is 15.9. The maximum atomic E-state index is 12.6. The van der Waals surface area contributed by atoms with Crippen LogP contribution in [0, 0.1) is 12.3 Å². The van der Waals surface area contributed by atoms with Gasteiger partial charge in [0.15, 0.2) is 0 Å². The van der Waals surface area contributed by atoms with Crippen LogP contribution in [0.1, 0.15) is 45.6 Å². The van der Waals surface area contributed by atoms with Gasteiger partial charge in [-0.15, -0.1) is 0 Å². The summed E-state index contributed by atoms with van der Waals surface area (Å²) in [5.41, 5.74) is 6.34. The van der Waals surface area contributed by atoms with E-state index < -0.39 is 10.0 Å². The Morgan fingerprint density at radius 3 is 1.90 bits per heavy atom. The number of sulfonamides is 1. The van der Waals surface area contributed by atoms with E-state index >= 15 is 0 Å². The van der Waals surface area contributed by atoms with Crippen molar-refractivity contribution in [2.45, 2.75) is 29.6 Å². The van der Waals surface area contributed by atoms with Gasteiger partial charge in [0, 0.05) is 29.4 Å². The molecule has 29 heavy (non-hydrogen) atoms. The summed E-state index contributed by atoms with van der Waals surface area (Å²) in [5, 5.41) is 4.28. The topological polar surface area (TPSA) is 58.5 Å². The molecule has 0 saturated heterocycles. The molecule has 1 fully saturated rings. The smallest absolute Gasteiger partial charge is 0.200 e. The fourth-order valence-electron chi connectivity index (χ4n) is 5.72. The highest BCUT2D eigenvalue weighted by atomic mass is 32.2. The Morgan fingerprint density at radius 2 is 1.34 bits per heavy atom. The van der Waals surface area contributed by atoms with Crippen LogP contribution in [0.3, 0.4) is 0 Å². The van der Waals surface area contributed by atoms with Crippen LogP contribution in [0.5, 0.6) is 0 Å². The summed E-state index contributed by atoms with van der Waals surface area (Å²) in [6.45, 7) is 1.93. The lowest BCUT2D eigenvalue weighted by Gasteiger charge is -2.17. The summed E-state index contributed by atoms with van der Waals surface area (Å²) >= 11 is 0. The van der Waals surface area contributed by atoms with Crippen LogP contribution in [-0.4, -0.2) is 14.6 Å². The van der Waals surface area contributed by atoms with Crippen molar-refractivity contribution in [3.8, 4) is 0 Å². The maximum absolute atomic E-state index is 12.6. The average molecular weight is 401 g/mol. The van der Waals surface area contributed by atoms with Gasteiger partial charge in [-0.05, 0) is 41.3 Å². The third-order valence-electron chi connectivity index (χ3n) is 6.88. The minimum Gasteiger partial charge on any atom is -0.200 e. The van der Waals surface area contributed by atoms with Crippen LogP contribution < -0.4 is 4.83 Å². The molecule has 4 nitrogen and oxygen atoms in total. The van der Waals surface area contributed by atoms with Gasteiger partial charge < -0.3 is 0 Å². The van der Waals surface area contributed by atoms with E-state index in [9.17, 15) is 8.42 Å². The molecule has 0 aliphatic heterocycles. The van der Waals surface area contributed by atoms with Crippen molar-refractivity contribution in [2.24, 2.45) is 10.5 Å². The van der Waals surface area contributed by atoms with Crippen molar-refractivity contribution in [3.05, 3.63) is 101 Å². The number of benzene rings is 3. The number of nitrogens with one attached hydrogen (secondary N) is 1. The van der Waals surface area contributed by atoms with E-state index in [2.05, 4.69) is 58.5 Å². The largest absolute Gasteiger partial charge is 0.276 e. The Kier molecular flexibility index (Phi) is 3.26. The Hall–Kier alpha value is -2.92. The van der Waals surface area contributed by atoms with E-state index in [0.717, 1.165) is 5.56 Å². The molecule has 3 aliphatic carbocycles. The summed E-state index contributed by atoms with van der Waals surface area (Å²) in [4.78, 5) is 2.67. The second-order valence-corrected chi connectivity index (χ2v) is 9.97. The molecular weight excluding hydrogens is 380 g/mol. The highest BCUT2D eigenvalue weighted by molar-refractivity contribution is 7.89. The predicted molar refractivity (Wildman–Crippen MR) is 113 cm³/mol. The average Bonchev–Trinajstić information content (AvgIpc) is 3.21. The minimum atomic E-state index is -3.67. The van der Waals surface area contributed by atoms with Gasteiger partial charge in [-0.25, -0.2) is 4.83 Å². The summed E-state index contributed by atoms with van der Waals surface area (Å²) in [7, 11) is -3.67. The molecule has 0 aromatic heterocycles. The van der Waals surface area contributed by atoms with Crippen LogP contribution in [0.2, 0.25) is 0 Å². The van der Waals surface area contributed by atoms with E-state index in [0.29, 0.717) is 11.8 Å². The van der Waals surface area contributed by atoms with E-state index in [1.54, 1.807) is 24.3 Å². The van der Waals surface area contributed by atoms with Crippen molar-refractivity contribution in [3.63, 3.8) is 0 Å². The van der Waals surface area contributed by atoms with Gasteiger partial charge in [-0.3, -0.25) is 0 Å². The zero-order chi connectivity index (χ0) is 19.8. The quantitative estimate of drug-likeness (QED) is 0.525. The first-order valence-electron chi connectivity index (χ1n) is 9.84. The van der Waals surface area contributed by atoms with Gasteiger partial charge in [0.2, 0.25) is 0 Å². The molecule has 0 radical (unpaired) electrons. The number of hydrogen-bond acceptors (Lipinski definition) is 3. The molecule has 0 amide bonds. The molecule has 1 saturated carbocycles. The van der Waals surface area contributed by atoms with Crippen molar-refractivity contribution in [1.82, 2.24) is 4.83 Å². The Bertz CT molecular complexity index is 1220. The predicted octanol–water partition coefficient (Wildman–Crippen LogP) is 4.29. The van der Waals surface area contributed by atoms with Gasteiger partial charge >= 0.3 is 0 Å². The molecule has 3 aromatic carbocycles. The minimum absolute atomic E-state index is 0.150. The lowest BCUT2D eigenvalue weighted by molar-refractivity contribution is 0.582. The van der Waals surface area contributed by atoms with Crippen LogP contribution in [0.4, 0.5) is 0 Å². The molecule has 0 bridgehead atoms. The highest BCUT2D eigenvalue weighted by Gasteiger charge is 2.77. The Labute approximate surface area is 170 Å². The normalized spacial score (nSPS) is 28.1. The van der Waals surface area contributed by atoms with E-state index in [1.165, 1.54) is 22.3 Å². The first kappa shape index (κ1) is 17.0. The van der Waals surface area contributed by atoms with Crippen LogP contribution >= 0.6 is 0 Å². The molecule has 144 valence electrons. The van der Waals surface area contributed by atoms with Gasteiger partial charge in [-0.2, -0.15) is 13.5 Å². The maximum Gasteiger partial charge on any atom is 0.276 e. The van der Waals surface area contributed by atoms with E-state index in [1.807, 2.05) is 13.1 Å². The molecule has 2 atom stereocenters. The second-order valence-electron chi connectivity index (χ2n) is 8.31. The lowest BCUT2D eigenvalue weighted by atomic mass is 9.86. The van der Waals surface area contributed by atoms with E-state index in [4.69, 9.17) is 0 Å². The van der Waals surface area contributed by atoms with Crippen LogP contribution in [0.15, 0.2) is 82.8 Å². The van der Waals surface area contributed by atoms with Gasteiger partial charge in [0.1, 0.15) is 0 Å². The van der Waals surface area contributed by atoms with E-state index in [-0.39, 0.29) is 16.2 Å². The van der Waals surface area contributed by atoms with Gasteiger partial charge in [-0.1, -0.05) is 66.2 Å². The summed E-state index contributed by atoms with van der Waals surface area (Å²) < 4.78 is 25.3. The highest BCUT2D eigenvalue weighted by Crippen LogP contribution is 2.85. The molecule has 1 N–H and O–H groups in total. The third kappa shape index (κ3) is 2.14. The van der Waals surface area contributed by atoms with Crippen LogP contribution in [0.25, 0.3) is 0 Å². The number of hydrazone groups is 1. The van der Waals surface area contributed by atoms with Crippen molar-refractivity contribution >= 4 is 16.2 Å². The number of nitrogens with zero attached hydrogens (tertiary/aromatic N) is 1. The Balaban J connectivity index is 1.36. The molecule has 6 rings (SSSR count). The van der Waals surface area contributed by atoms with Crippen LogP contribution in [-0.2, 0) is 10.0 Å². The molecule has 0 heterocycles. The van der Waals surface area contributed by atoms with Crippen molar-refractivity contribution in [1.29, 1.82) is 0 Å². The first-order chi connectivity index (χ1) is 14.0. The van der Waals surface area contributed by atoms with Crippen molar-refractivity contribution < 1.29 is 8.42 Å². The first-order valence-corrected chi connectivity index (χ1v) is 11.3. The molecule has 0 unspecified atom stereocenters. The number of fused-ring (bicyclic) bond motifs is 7. The number of hydrogen-bond donors (Lipinski definition) is 1. The second kappa shape index (κ2) is 5.57. The molecular formula is C24H20N2O2S. The lowest BCUT2D eigenvalue weighted by Crippen LogP contribution is -2.21. The summed E-state index contributed by atoms with van der Waals surface area (Å²) in [6.07, 6.45) is 1.87. The zero-order valence-corrected chi connectivity index (χ0v) is 16.7. The fraction of sp³-hybridized carbons (Fsp3) is 0.208. The number of rotatable bonds is 4. The van der Waals surface area contributed by atoms with Gasteiger partial charge in [0.05, 0.1) is 4.90 Å². The molecule has 5 heteroatoms. The molecule has 0 spiro atoms. The van der Waals surface area contributed by atoms with Gasteiger partial charge in [0.25, 0.3) is 10.0 Å². The van der Waals surface area contributed by atoms with Crippen molar-refractivity contribution in [2.75, 3.05) is 0 Å². The SMILES string of the molecule is Cc1ccc(S(=O)(=O)NN=CC23C4c5ccccc5[C@@H]2[C@H]3c2ccccc24)cc1. The summed E-state index contributed by atoms with van der Waals surface area (Å²) in [6, 6.07) is 24.0. The number of aryl methyl sites for hydroxylation is 1. The monoisotopic (exact) mass is 400 g/mol. The fourth-order valence-corrected chi connectivity index (χ4v) is 6.51. The molecule has 3 aliphatic rings. The third-order valence-corrected chi connectivity index (χ3v) is 8.12. The Morgan fingerprint density at radius 1 is 0.828 bits per heavy atom.